The lowest BCUT2D eigenvalue weighted by Gasteiger charge is -2.36. The van der Waals surface area contributed by atoms with Gasteiger partial charge in [-0.25, -0.2) is 4.79 Å². The monoisotopic (exact) mass is 290 g/mol. The third-order valence-electron chi connectivity index (χ3n) is 4.00. The second kappa shape index (κ2) is 6.72. The van der Waals surface area contributed by atoms with Gasteiger partial charge in [-0.1, -0.05) is 44.0 Å². The highest BCUT2D eigenvalue weighted by molar-refractivity contribution is 5.87. The van der Waals surface area contributed by atoms with Crippen LogP contribution < -0.4 is 5.73 Å². The summed E-state index contributed by atoms with van der Waals surface area (Å²) in [5.74, 6) is -1.23. The molecule has 5 nitrogen and oxygen atoms in total. The van der Waals surface area contributed by atoms with Crippen molar-refractivity contribution in [2.24, 2.45) is 5.73 Å². The van der Waals surface area contributed by atoms with Crippen LogP contribution in [0.5, 0.6) is 0 Å². The summed E-state index contributed by atoms with van der Waals surface area (Å²) in [6, 6.07) is 6.22. The Hall–Kier alpha value is -1.88. The number of aliphatic carboxylic acids is 1. The van der Waals surface area contributed by atoms with Crippen LogP contribution in [0, 0.1) is 0 Å². The molecule has 2 rings (SSSR count). The predicted molar refractivity (Wildman–Crippen MR) is 79.6 cm³/mol. The van der Waals surface area contributed by atoms with E-state index in [1.807, 2.05) is 31.2 Å². The van der Waals surface area contributed by atoms with Crippen LogP contribution in [0.15, 0.2) is 24.3 Å². The van der Waals surface area contributed by atoms with Crippen LogP contribution in [0.1, 0.15) is 37.3 Å². The molecule has 0 aromatic heterocycles. The molecule has 21 heavy (non-hydrogen) atoms. The van der Waals surface area contributed by atoms with Gasteiger partial charge in [0.05, 0.1) is 6.04 Å². The van der Waals surface area contributed by atoms with E-state index >= 15 is 0 Å². The first kappa shape index (κ1) is 15.5. The number of unbranched alkanes of at least 4 members (excludes halogenated alkanes) is 1. The number of amides is 1. The molecule has 0 unspecified atom stereocenters. The van der Waals surface area contributed by atoms with Crippen LogP contribution in [0.4, 0.5) is 0 Å². The smallest absolute Gasteiger partial charge is 0.326 e. The quantitative estimate of drug-likeness (QED) is 0.861. The van der Waals surface area contributed by atoms with E-state index < -0.39 is 18.1 Å². The number of rotatable bonds is 5. The van der Waals surface area contributed by atoms with Crippen LogP contribution in [0.2, 0.25) is 0 Å². The number of hydrogen-bond donors (Lipinski definition) is 2. The molecular formula is C16H22N2O3. The minimum absolute atomic E-state index is 0.259. The van der Waals surface area contributed by atoms with Crippen molar-refractivity contribution in [3.63, 3.8) is 0 Å². The number of benzene rings is 1. The summed E-state index contributed by atoms with van der Waals surface area (Å²) >= 11 is 0. The molecule has 114 valence electrons. The molecule has 1 aromatic rings. The van der Waals surface area contributed by atoms with Gasteiger partial charge < -0.3 is 15.7 Å². The maximum atomic E-state index is 12.5. The molecule has 1 amide bonds. The van der Waals surface area contributed by atoms with Crippen LogP contribution in [0.3, 0.4) is 0 Å². The van der Waals surface area contributed by atoms with Crippen molar-refractivity contribution < 1.29 is 14.7 Å². The second-order valence-electron chi connectivity index (χ2n) is 5.54. The van der Waals surface area contributed by atoms with Crippen molar-refractivity contribution in [2.75, 3.05) is 0 Å². The van der Waals surface area contributed by atoms with E-state index in [-0.39, 0.29) is 5.91 Å². The Morgan fingerprint density at radius 2 is 2.05 bits per heavy atom. The zero-order valence-electron chi connectivity index (χ0n) is 12.3. The van der Waals surface area contributed by atoms with Crippen molar-refractivity contribution in [2.45, 2.75) is 51.2 Å². The third kappa shape index (κ3) is 3.42. The molecule has 0 aliphatic carbocycles. The van der Waals surface area contributed by atoms with Gasteiger partial charge in [0.25, 0.3) is 0 Å². The van der Waals surface area contributed by atoms with Gasteiger partial charge in [0.15, 0.2) is 0 Å². The lowest BCUT2D eigenvalue weighted by atomic mass is 9.93. The Morgan fingerprint density at radius 1 is 1.38 bits per heavy atom. The number of fused-ring (bicyclic) bond motifs is 1. The van der Waals surface area contributed by atoms with Crippen molar-refractivity contribution in [3.05, 3.63) is 35.4 Å². The van der Waals surface area contributed by atoms with Gasteiger partial charge in [-0.05, 0) is 17.5 Å². The second-order valence-corrected chi connectivity index (χ2v) is 5.54. The van der Waals surface area contributed by atoms with E-state index in [1.54, 1.807) is 0 Å². The molecule has 0 bridgehead atoms. The number of nitrogens with two attached hydrogens (primary N) is 1. The van der Waals surface area contributed by atoms with Crippen molar-refractivity contribution >= 4 is 11.9 Å². The Balaban J connectivity index is 2.20. The first-order valence-electron chi connectivity index (χ1n) is 7.40. The summed E-state index contributed by atoms with van der Waals surface area (Å²) in [6.45, 7) is 2.36. The molecule has 0 spiro atoms. The predicted octanol–water partition coefficient (Wildman–Crippen LogP) is 1.54. The summed E-state index contributed by atoms with van der Waals surface area (Å²) in [5.41, 5.74) is 7.93. The number of carboxylic acids is 1. The van der Waals surface area contributed by atoms with Crippen molar-refractivity contribution in [3.8, 4) is 0 Å². The highest BCUT2D eigenvalue weighted by Gasteiger charge is 2.36. The highest BCUT2D eigenvalue weighted by atomic mass is 16.4. The summed E-state index contributed by atoms with van der Waals surface area (Å²) in [5, 5.41) is 9.41. The fraction of sp³-hybridized carbons (Fsp3) is 0.500. The zero-order valence-corrected chi connectivity index (χ0v) is 12.3. The van der Waals surface area contributed by atoms with Crippen LogP contribution in [-0.4, -0.2) is 34.0 Å². The molecule has 1 heterocycles. The average Bonchev–Trinajstić information content (AvgIpc) is 2.50. The molecule has 1 aromatic carbocycles. The molecular weight excluding hydrogens is 268 g/mol. The SMILES string of the molecule is CCCC[C@H](N)C(=O)N1Cc2ccccc2C[C@H]1C(=O)O. The molecule has 5 heteroatoms. The van der Waals surface area contributed by atoms with E-state index in [2.05, 4.69) is 0 Å². The van der Waals surface area contributed by atoms with E-state index in [0.29, 0.717) is 19.4 Å². The topological polar surface area (TPSA) is 83.6 Å². The van der Waals surface area contributed by atoms with Gasteiger partial charge in [-0.15, -0.1) is 0 Å². The Bertz CT molecular complexity index is 530. The third-order valence-corrected chi connectivity index (χ3v) is 4.00. The number of nitrogens with zero attached hydrogens (tertiary/aromatic N) is 1. The Morgan fingerprint density at radius 3 is 2.67 bits per heavy atom. The standard InChI is InChI=1S/C16H22N2O3/c1-2-3-8-13(17)15(19)18-10-12-7-5-4-6-11(12)9-14(18)16(20)21/h4-7,13-14H,2-3,8-10,17H2,1H3,(H,20,21)/t13-,14-/m0/s1. The van der Waals surface area contributed by atoms with E-state index in [1.165, 1.54) is 4.90 Å². The first-order valence-corrected chi connectivity index (χ1v) is 7.40. The first-order chi connectivity index (χ1) is 10.0. The zero-order chi connectivity index (χ0) is 15.4. The van der Waals surface area contributed by atoms with Gasteiger partial charge >= 0.3 is 5.97 Å². The molecule has 0 saturated heterocycles. The molecule has 3 N–H and O–H groups in total. The molecule has 1 aliphatic rings. The Labute approximate surface area is 124 Å². The minimum Gasteiger partial charge on any atom is -0.480 e. The Kier molecular flexibility index (Phi) is 4.96. The average molecular weight is 290 g/mol. The number of carboxylic acid groups (broad SMARTS) is 1. The number of carbonyl (C=O) groups is 2. The van der Waals surface area contributed by atoms with Gasteiger partial charge in [0.2, 0.25) is 5.91 Å². The lowest BCUT2D eigenvalue weighted by molar-refractivity contribution is -0.152. The van der Waals surface area contributed by atoms with Gasteiger partial charge in [-0.2, -0.15) is 0 Å². The van der Waals surface area contributed by atoms with Crippen molar-refractivity contribution in [1.82, 2.24) is 4.90 Å². The maximum absolute atomic E-state index is 12.5. The fourth-order valence-electron chi connectivity index (χ4n) is 2.74. The van der Waals surface area contributed by atoms with E-state index in [9.17, 15) is 14.7 Å². The molecule has 0 radical (unpaired) electrons. The van der Waals surface area contributed by atoms with Crippen LogP contribution in [0.25, 0.3) is 0 Å². The van der Waals surface area contributed by atoms with Crippen LogP contribution >= 0.6 is 0 Å². The molecule has 2 atom stereocenters. The highest BCUT2D eigenvalue weighted by Crippen LogP contribution is 2.24. The van der Waals surface area contributed by atoms with Gasteiger partial charge in [0, 0.05) is 13.0 Å². The molecule has 0 saturated carbocycles. The van der Waals surface area contributed by atoms with E-state index in [0.717, 1.165) is 24.0 Å². The lowest BCUT2D eigenvalue weighted by Crippen LogP contribution is -2.53. The van der Waals surface area contributed by atoms with E-state index in [4.69, 9.17) is 5.73 Å². The van der Waals surface area contributed by atoms with Gasteiger partial charge in [0.1, 0.15) is 6.04 Å². The number of hydrogen-bond acceptors (Lipinski definition) is 3. The normalized spacial score (nSPS) is 19.0. The molecule has 1 aliphatic heterocycles. The summed E-state index contributed by atoms with van der Waals surface area (Å²) < 4.78 is 0. The fourth-order valence-corrected chi connectivity index (χ4v) is 2.74. The summed E-state index contributed by atoms with van der Waals surface area (Å²) in [7, 11) is 0. The number of carbonyl (C=O) groups excluding carboxylic acids is 1. The summed E-state index contributed by atoms with van der Waals surface area (Å²) in [4.78, 5) is 25.4. The summed E-state index contributed by atoms with van der Waals surface area (Å²) in [6.07, 6.45) is 2.78. The minimum atomic E-state index is -0.972. The van der Waals surface area contributed by atoms with Crippen molar-refractivity contribution in [1.29, 1.82) is 0 Å². The van der Waals surface area contributed by atoms with Gasteiger partial charge in [-0.3, -0.25) is 4.79 Å². The largest absolute Gasteiger partial charge is 0.480 e. The van der Waals surface area contributed by atoms with Crippen LogP contribution in [-0.2, 0) is 22.6 Å². The molecule has 0 fully saturated rings. The maximum Gasteiger partial charge on any atom is 0.326 e.